The maximum Gasteiger partial charge on any atom is 0.414 e. The number of rotatable bonds is 9. The standard InChI is InChI=1S/C27H36ClN3O5S/c1-18(2)6-12-24(25(29)32)31(37(34,35)22-10-8-21(28)9-11-22)17-19-7-13-23-20(16-19)14-15-30(23)26(33)36-27(3,4)5/h7-11,13,16,18,24H,6,12,14-15,17H2,1-5H3,(H2,29,32)/t24-/m1/s1. The SMILES string of the molecule is CC(C)CC[C@H](C(N)=O)N(Cc1ccc2c(c1)CCN2C(=O)OC(C)(C)C)S(=O)(=O)c1ccc(Cl)cc1. The maximum atomic E-state index is 13.8. The summed E-state index contributed by atoms with van der Waals surface area (Å²) >= 11 is 5.97. The van der Waals surface area contributed by atoms with Crippen LogP contribution >= 0.6 is 11.6 Å². The van der Waals surface area contributed by atoms with E-state index < -0.39 is 33.7 Å². The third kappa shape index (κ3) is 7.24. The third-order valence-corrected chi connectivity index (χ3v) is 8.23. The van der Waals surface area contributed by atoms with Gasteiger partial charge in [-0.1, -0.05) is 37.6 Å². The predicted octanol–water partition coefficient (Wildman–Crippen LogP) is 5.12. The number of carbonyl (C=O) groups is 2. The number of nitrogens with two attached hydrogens (primary N) is 1. The number of ether oxygens (including phenoxy) is 1. The van der Waals surface area contributed by atoms with Gasteiger partial charge in [0.15, 0.2) is 0 Å². The van der Waals surface area contributed by atoms with E-state index in [9.17, 15) is 18.0 Å². The topological polar surface area (TPSA) is 110 Å². The Bertz CT molecular complexity index is 1240. The lowest BCUT2D eigenvalue weighted by molar-refractivity contribution is -0.122. The second-order valence-electron chi connectivity index (χ2n) is 10.7. The predicted molar refractivity (Wildman–Crippen MR) is 145 cm³/mol. The second kappa shape index (κ2) is 11.4. The van der Waals surface area contributed by atoms with E-state index in [0.717, 1.165) is 11.3 Å². The lowest BCUT2D eigenvalue weighted by atomic mass is 10.0. The molecule has 10 heteroatoms. The number of carbonyl (C=O) groups excluding carboxylic acids is 2. The molecule has 8 nitrogen and oxygen atoms in total. The van der Waals surface area contributed by atoms with Crippen LogP contribution in [0.25, 0.3) is 0 Å². The fraction of sp³-hybridized carbons (Fsp3) is 0.481. The Hall–Kier alpha value is -2.62. The van der Waals surface area contributed by atoms with Crippen molar-refractivity contribution < 1.29 is 22.7 Å². The number of fused-ring (bicyclic) bond motifs is 1. The highest BCUT2D eigenvalue weighted by atomic mass is 35.5. The molecule has 37 heavy (non-hydrogen) atoms. The number of benzene rings is 2. The summed E-state index contributed by atoms with van der Waals surface area (Å²) in [6, 6.07) is 10.3. The summed E-state index contributed by atoms with van der Waals surface area (Å²) in [6.07, 6.45) is 1.12. The van der Waals surface area contributed by atoms with Crippen molar-refractivity contribution in [2.24, 2.45) is 11.7 Å². The fourth-order valence-corrected chi connectivity index (χ4v) is 6.00. The van der Waals surface area contributed by atoms with Crippen LogP contribution in [0.2, 0.25) is 5.02 Å². The molecule has 2 N–H and O–H groups in total. The van der Waals surface area contributed by atoms with Gasteiger partial charge in [-0.3, -0.25) is 9.69 Å². The van der Waals surface area contributed by atoms with Crippen LogP contribution in [0.4, 0.5) is 10.5 Å². The van der Waals surface area contributed by atoms with Crippen molar-refractivity contribution in [2.75, 3.05) is 11.4 Å². The number of primary amides is 1. The van der Waals surface area contributed by atoms with E-state index in [2.05, 4.69) is 0 Å². The van der Waals surface area contributed by atoms with Gasteiger partial charge in [0.2, 0.25) is 15.9 Å². The van der Waals surface area contributed by atoms with Gasteiger partial charge in [0.1, 0.15) is 11.6 Å². The zero-order valence-electron chi connectivity index (χ0n) is 22.0. The highest BCUT2D eigenvalue weighted by Gasteiger charge is 2.36. The Morgan fingerprint density at radius 2 is 1.76 bits per heavy atom. The molecule has 0 aliphatic carbocycles. The van der Waals surface area contributed by atoms with Gasteiger partial charge >= 0.3 is 6.09 Å². The first kappa shape index (κ1) is 28.9. The minimum absolute atomic E-state index is 0.0324. The van der Waals surface area contributed by atoms with Gasteiger partial charge < -0.3 is 10.5 Å². The zero-order chi connectivity index (χ0) is 27.5. The zero-order valence-corrected chi connectivity index (χ0v) is 23.6. The molecular formula is C27H36ClN3O5S. The van der Waals surface area contributed by atoms with Crippen LogP contribution in [0.3, 0.4) is 0 Å². The quantitative estimate of drug-likeness (QED) is 0.467. The van der Waals surface area contributed by atoms with Crippen molar-refractivity contribution in [1.82, 2.24) is 4.31 Å². The molecule has 0 spiro atoms. The molecule has 2 aromatic carbocycles. The summed E-state index contributed by atoms with van der Waals surface area (Å²) in [5.41, 5.74) is 7.46. The summed E-state index contributed by atoms with van der Waals surface area (Å²) in [4.78, 5) is 26.8. The molecule has 0 saturated heterocycles. The maximum absolute atomic E-state index is 13.8. The van der Waals surface area contributed by atoms with Crippen molar-refractivity contribution in [3.05, 3.63) is 58.6 Å². The van der Waals surface area contributed by atoms with E-state index in [4.69, 9.17) is 22.1 Å². The molecule has 0 bridgehead atoms. The molecule has 2 aromatic rings. The van der Waals surface area contributed by atoms with E-state index in [-0.39, 0.29) is 17.4 Å². The molecule has 3 rings (SSSR count). The smallest absolute Gasteiger partial charge is 0.414 e. The van der Waals surface area contributed by atoms with Gasteiger partial charge in [-0.05, 0) is 87.4 Å². The Morgan fingerprint density at radius 3 is 2.32 bits per heavy atom. The van der Waals surface area contributed by atoms with Crippen LogP contribution in [-0.2, 0) is 32.5 Å². The number of hydrogen-bond donors (Lipinski definition) is 1. The number of halogens is 1. The van der Waals surface area contributed by atoms with Gasteiger partial charge in [0, 0.05) is 18.1 Å². The molecule has 0 saturated carbocycles. The van der Waals surface area contributed by atoms with E-state index in [1.807, 2.05) is 40.7 Å². The molecule has 0 aromatic heterocycles. The Morgan fingerprint density at radius 1 is 1.11 bits per heavy atom. The average molecular weight is 550 g/mol. The monoisotopic (exact) mass is 549 g/mol. The van der Waals surface area contributed by atoms with Crippen LogP contribution < -0.4 is 10.6 Å². The van der Waals surface area contributed by atoms with Crippen molar-refractivity contribution in [3.63, 3.8) is 0 Å². The van der Waals surface area contributed by atoms with Crippen LogP contribution in [0.15, 0.2) is 47.4 Å². The minimum atomic E-state index is -4.08. The van der Waals surface area contributed by atoms with E-state index in [1.165, 1.54) is 28.6 Å². The summed E-state index contributed by atoms with van der Waals surface area (Å²) in [5, 5.41) is 0.407. The summed E-state index contributed by atoms with van der Waals surface area (Å²) in [7, 11) is -4.08. The van der Waals surface area contributed by atoms with Gasteiger partial charge in [-0.2, -0.15) is 4.31 Å². The van der Waals surface area contributed by atoms with Crippen LogP contribution in [-0.4, -0.2) is 42.9 Å². The van der Waals surface area contributed by atoms with Crippen molar-refractivity contribution in [2.45, 2.75) is 77.0 Å². The number of hydrogen-bond acceptors (Lipinski definition) is 5. The number of nitrogens with zero attached hydrogens (tertiary/aromatic N) is 2. The van der Waals surface area contributed by atoms with Gasteiger partial charge in [-0.25, -0.2) is 13.2 Å². The normalized spacial score (nSPS) is 14.6. The first-order valence-corrected chi connectivity index (χ1v) is 14.2. The van der Waals surface area contributed by atoms with Crippen molar-refractivity contribution in [1.29, 1.82) is 0 Å². The number of amides is 2. The van der Waals surface area contributed by atoms with Crippen molar-refractivity contribution >= 4 is 39.3 Å². The fourth-order valence-electron chi connectivity index (χ4n) is 4.26. The molecule has 1 aliphatic rings. The van der Waals surface area contributed by atoms with Crippen LogP contribution in [0.1, 0.15) is 58.6 Å². The van der Waals surface area contributed by atoms with E-state index in [0.29, 0.717) is 36.4 Å². The molecule has 0 fully saturated rings. The molecule has 0 unspecified atom stereocenters. The average Bonchev–Trinajstić information content (AvgIpc) is 3.20. The number of anilines is 1. The molecule has 2 amide bonds. The lowest BCUT2D eigenvalue weighted by Gasteiger charge is -2.30. The van der Waals surface area contributed by atoms with Crippen molar-refractivity contribution in [3.8, 4) is 0 Å². The minimum Gasteiger partial charge on any atom is -0.443 e. The molecule has 0 radical (unpaired) electrons. The van der Waals surface area contributed by atoms with Gasteiger partial charge in [0.05, 0.1) is 10.6 Å². The van der Waals surface area contributed by atoms with Gasteiger partial charge in [0.25, 0.3) is 0 Å². The molecule has 1 atom stereocenters. The Kier molecular flexibility index (Phi) is 8.93. The molecule has 202 valence electrons. The first-order valence-electron chi connectivity index (χ1n) is 12.4. The molecular weight excluding hydrogens is 514 g/mol. The summed E-state index contributed by atoms with van der Waals surface area (Å²) in [6.45, 7) is 9.88. The summed E-state index contributed by atoms with van der Waals surface area (Å²) < 4.78 is 34.2. The third-order valence-electron chi connectivity index (χ3n) is 6.11. The number of sulfonamides is 1. The largest absolute Gasteiger partial charge is 0.443 e. The Labute approximate surface area is 224 Å². The van der Waals surface area contributed by atoms with Gasteiger partial charge in [-0.15, -0.1) is 0 Å². The highest BCUT2D eigenvalue weighted by Crippen LogP contribution is 2.32. The van der Waals surface area contributed by atoms with Crippen LogP contribution in [0.5, 0.6) is 0 Å². The highest BCUT2D eigenvalue weighted by molar-refractivity contribution is 7.89. The van der Waals surface area contributed by atoms with E-state index in [1.54, 1.807) is 17.0 Å². The molecule has 1 heterocycles. The molecule has 1 aliphatic heterocycles. The van der Waals surface area contributed by atoms with Crippen LogP contribution in [0, 0.1) is 5.92 Å². The summed E-state index contributed by atoms with van der Waals surface area (Å²) in [5.74, 6) is -0.434. The van der Waals surface area contributed by atoms with E-state index >= 15 is 0 Å². The Balaban J connectivity index is 1.96. The first-order chi connectivity index (χ1) is 17.2. The second-order valence-corrected chi connectivity index (χ2v) is 13.1. The lowest BCUT2D eigenvalue weighted by Crippen LogP contribution is -2.47.